The predicted octanol–water partition coefficient (Wildman–Crippen LogP) is 1.71. The van der Waals surface area contributed by atoms with E-state index in [2.05, 4.69) is 10.4 Å². The third kappa shape index (κ3) is 2.65. The lowest BCUT2D eigenvalue weighted by Gasteiger charge is -2.43. The summed E-state index contributed by atoms with van der Waals surface area (Å²) in [5.74, 6) is 6.14. The SMILES string of the molecule is NNc1ncccc1S(=O)(=O)N1CCCC2CCCCC21. The lowest BCUT2D eigenvalue weighted by Crippen LogP contribution is -2.49. The molecule has 1 saturated heterocycles. The van der Waals surface area contributed by atoms with Gasteiger partial charge in [-0.2, -0.15) is 4.31 Å². The van der Waals surface area contributed by atoms with Gasteiger partial charge in [-0.25, -0.2) is 19.2 Å². The van der Waals surface area contributed by atoms with E-state index >= 15 is 0 Å². The second-order valence-corrected chi connectivity index (χ2v) is 7.72. The molecule has 1 aliphatic heterocycles. The molecule has 6 nitrogen and oxygen atoms in total. The molecule has 0 spiro atoms. The molecule has 1 aromatic heterocycles. The molecule has 7 heteroatoms. The van der Waals surface area contributed by atoms with E-state index in [1.165, 1.54) is 12.6 Å². The number of nitrogens with one attached hydrogen (secondary N) is 1. The number of sulfonamides is 1. The lowest BCUT2D eigenvalue weighted by atomic mass is 9.79. The van der Waals surface area contributed by atoms with Crippen LogP contribution in [-0.2, 0) is 10.0 Å². The highest BCUT2D eigenvalue weighted by Gasteiger charge is 2.40. The van der Waals surface area contributed by atoms with E-state index < -0.39 is 10.0 Å². The van der Waals surface area contributed by atoms with E-state index in [1.807, 2.05) is 0 Å². The molecule has 116 valence electrons. The van der Waals surface area contributed by atoms with Gasteiger partial charge in [0.1, 0.15) is 4.90 Å². The molecule has 1 aromatic rings. The monoisotopic (exact) mass is 310 g/mol. The van der Waals surface area contributed by atoms with Crippen LogP contribution in [0.2, 0.25) is 0 Å². The van der Waals surface area contributed by atoms with Gasteiger partial charge in [0.2, 0.25) is 10.0 Å². The summed E-state index contributed by atoms with van der Waals surface area (Å²) in [4.78, 5) is 4.20. The average molecular weight is 310 g/mol. The Morgan fingerprint density at radius 1 is 1.24 bits per heavy atom. The van der Waals surface area contributed by atoms with Gasteiger partial charge in [0.25, 0.3) is 0 Å². The normalized spacial score (nSPS) is 27.1. The maximum Gasteiger partial charge on any atom is 0.247 e. The van der Waals surface area contributed by atoms with Gasteiger partial charge in [-0.15, -0.1) is 0 Å². The molecule has 0 radical (unpaired) electrons. The van der Waals surface area contributed by atoms with Crippen molar-refractivity contribution >= 4 is 15.8 Å². The minimum absolute atomic E-state index is 0.142. The van der Waals surface area contributed by atoms with Gasteiger partial charge in [0, 0.05) is 18.8 Å². The molecule has 2 fully saturated rings. The molecule has 3 N–H and O–H groups in total. The second-order valence-electron chi connectivity index (χ2n) is 5.86. The highest BCUT2D eigenvalue weighted by Crippen LogP contribution is 2.38. The van der Waals surface area contributed by atoms with Crippen molar-refractivity contribution in [2.45, 2.75) is 49.5 Å². The lowest BCUT2D eigenvalue weighted by molar-refractivity contribution is 0.129. The molecule has 0 bridgehead atoms. The van der Waals surface area contributed by atoms with E-state index in [-0.39, 0.29) is 16.8 Å². The largest absolute Gasteiger partial charge is 0.307 e. The number of hydrogen-bond donors (Lipinski definition) is 2. The van der Waals surface area contributed by atoms with Crippen molar-refractivity contribution in [3.63, 3.8) is 0 Å². The zero-order chi connectivity index (χ0) is 14.9. The number of hydrazine groups is 1. The van der Waals surface area contributed by atoms with Crippen LogP contribution in [0.3, 0.4) is 0 Å². The summed E-state index contributed by atoms with van der Waals surface area (Å²) in [7, 11) is -3.55. The molecule has 2 heterocycles. The van der Waals surface area contributed by atoms with E-state index in [0.29, 0.717) is 12.5 Å². The molecular weight excluding hydrogens is 288 g/mol. The Morgan fingerprint density at radius 3 is 2.81 bits per heavy atom. The molecule has 1 saturated carbocycles. The van der Waals surface area contributed by atoms with Crippen LogP contribution in [-0.4, -0.2) is 30.3 Å². The van der Waals surface area contributed by atoms with Crippen LogP contribution in [0, 0.1) is 5.92 Å². The van der Waals surface area contributed by atoms with Gasteiger partial charge in [0.05, 0.1) is 0 Å². The smallest absolute Gasteiger partial charge is 0.247 e. The van der Waals surface area contributed by atoms with Gasteiger partial charge >= 0.3 is 0 Å². The first-order chi connectivity index (χ1) is 10.1. The topological polar surface area (TPSA) is 88.3 Å². The Bertz CT molecular complexity index is 603. The minimum atomic E-state index is -3.55. The minimum Gasteiger partial charge on any atom is -0.307 e. The van der Waals surface area contributed by atoms with Gasteiger partial charge < -0.3 is 5.43 Å². The first-order valence-corrected chi connectivity index (χ1v) is 9.02. The van der Waals surface area contributed by atoms with Crippen LogP contribution in [0.5, 0.6) is 0 Å². The number of rotatable bonds is 3. The zero-order valence-corrected chi connectivity index (χ0v) is 12.8. The van der Waals surface area contributed by atoms with Crippen molar-refractivity contribution in [2.24, 2.45) is 11.8 Å². The number of fused-ring (bicyclic) bond motifs is 1. The molecule has 2 atom stereocenters. The quantitative estimate of drug-likeness (QED) is 0.655. The Balaban J connectivity index is 1.96. The van der Waals surface area contributed by atoms with E-state index in [1.54, 1.807) is 16.4 Å². The maximum atomic E-state index is 13.0. The fourth-order valence-corrected chi connectivity index (χ4v) is 5.57. The highest BCUT2D eigenvalue weighted by molar-refractivity contribution is 7.89. The maximum absolute atomic E-state index is 13.0. The van der Waals surface area contributed by atoms with Crippen LogP contribution < -0.4 is 11.3 Å². The first kappa shape index (κ1) is 14.7. The number of pyridine rings is 1. The predicted molar refractivity (Wildman–Crippen MR) is 80.9 cm³/mol. The third-order valence-electron chi connectivity index (χ3n) is 4.69. The Kier molecular flexibility index (Phi) is 4.14. The van der Waals surface area contributed by atoms with Crippen LogP contribution in [0.1, 0.15) is 38.5 Å². The number of nitrogens with zero attached hydrogens (tertiary/aromatic N) is 2. The molecule has 3 rings (SSSR count). The number of anilines is 1. The summed E-state index contributed by atoms with van der Waals surface area (Å²) in [6.45, 7) is 0.600. The number of aromatic nitrogens is 1. The van der Waals surface area contributed by atoms with E-state index in [9.17, 15) is 8.42 Å². The Hall–Kier alpha value is -1.18. The molecule has 1 aliphatic carbocycles. The van der Waals surface area contributed by atoms with Crippen molar-refractivity contribution in [3.05, 3.63) is 18.3 Å². The highest BCUT2D eigenvalue weighted by atomic mass is 32.2. The van der Waals surface area contributed by atoms with Crippen molar-refractivity contribution in [3.8, 4) is 0 Å². The first-order valence-electron chi connectivity index (χ1n) is 7.58. The number of nitrogen functional groups attached to an aromatic ring is 1. The number of nitrogens with two attached hydrogens (primary N) is 1. The summed E-state index contributed by atoms with van der Waals surface area (Å²) in [5.41, 5.74) is 2.40. The fraction of sp³-hybridized carbons (Fsp3) is 0.643. The third-order valence-corrected chi connectivity index (χ3v) is 6.64. The second kappa shape index (κ2) is 5.90. The molecule has 2 unspecified atom stereocenters. The van der Waals surface area contributed by atoms with Crippen LogP contribution in [0.4, 0.5) is 5.82 Å². The van der Waals surface area contributed by atoms with Gasteiger partial charge in [0.15, 0.2) is 5.82 Å². The molecule has 21 heavy (non-hydrogen) atoms. The summed E-state index contributed by atoms with van der Waals surface area (Å²) in [6.07, 6.45) is 8.06. The summed E-state index contributed by atoms with van der Waals surface area (Å²) < 4.78 is 27.7. The van der Waals surface area contributed by atoms with Crippen LogP contribution in [0.25, 0.3) is 0 Å². The van der Waals surface area contributed by atoms with E-state index in [0.717, 1.165) is 32.1 Å². The van der Waals surface area contributed by atoms with Crippen molar-refractivity contribution in [1.29, 1.82) is 0 Å². The number of piperidine rings is 1. The summed E-state index contributed by atoms with van der Waals surface area (Å²) >= 11 is 0. The zero-order valence-electron chi connectivity index (χ0n) is 12.0. The summed E-state index contributed by atoms with van der Waals surface area (Å²) in [5, 5.41) is 0. The van der Waals surface area contributed by atoms with Crippen molar-refractivity contribution in [1.82, 2.24) is 9.29 Å². The molecule has 2 aliphatic rings. The van der Waals surface area contributed by atoms with Crippen molar-refractivity contribution < 1.29 is 8.42 Å². The van der Waals surface area contributed by atoms with Crippen LogP contribution in [0.15, 0.2) is 23.2 Å². The van der Waals surface area contributed by atoms with E-state index in [4.69, 9.17) is 5.84 Å². The molecular formula is C14H22N4O2S. The number of hydrogen-bond acceptors (Lipinski definition) is 5. The Labute approximate surface area is 125 Å². The van der Waals surface area contributed by atoms with Crippen molar-refractivity contribution in [2.75, 3.05) is 12.0 Å². The fourth-order valence-electron chi connectivity index (χ4n) is 3.71. The van der Waals surface area contributed by atoms with Gasteiger partial charge in [-0.05, 0) is 43.7 Å². The molecule has 0 aromatic carbocycles. The van der Waals surface area contributed by atoms with Crippen LogP contribution >= 0.6 is 0 Å². The molecule has 0 amide bonds. The standard InChI is InChI=1S/C14H22N4O2S/c15-17-14-13(8-3-9-16-14)21(19,20)18-10-4-6-11-5-1-2-7-12(11)18/h3,8-9,11-12H,1-2,4-7,10,15H2,(H,16,17). The van der Waals surface area contributed by atoms with Gasteiger partial charge in [-0.3, -0.25) is 0 Å². The van der Waals surface area contributed by atoms with Gasteiger partial charge in [-0.1, -0.05) is 12.8 Å². The average Bonchev–Trinajstić information content (AvgIpc) is 2.54. The summed E-state index contributed by atoms with van der Waals surface area (Å²) in [6, 6.07) is 3.35. The Morgan fingerprint density at radius 2 is 2.00 bits per heavy atom.